The van der Waals surface area contributed by atoms with Crippen LogP contribution in [0.25, 0.3) is 0 Å². The number of ether oxygens (including phenoxy) is 2. The van der Waals surface area contributed by atoms with Crippen LogP contribution in [0.1, 0.15) is 39.0 Å². The molecule has 0 radical (unpaired) electrons. The average molecular weight is 308 g/mol. The molecule has 0 spiro atoms. The molecule has 0 aromatic carbocycles. The molecule has 0 saturated carbocycles. The summed E-state index contributed by atoms with van der Waals surface area (Å²) >= 11 is 0. The monoisotopic (exact) mass is 308 g/mol. The smallest absolute Gasteiger partial charge is 0.317 e. The van der Waals surface area contributed by atoms with Gasteiger partial charge < -0.3 is 19.7 Å². The molecule has 5 heteroatoms. The van der Waals surface area contributed by atoms with Crippen LogP contribution in [0.3, 0.4) is 0 Å². The number of allylic oxidation sites excluding steroid dienone is 2. The van der Waals surface area contributed by atoms with Crippen molar-refractivity contribution in [3.05, 3.63) is 12.2 Å². The number of rotatable bonds is 3. The van der Waals surface area contributed by atoms with Gasteiger partial charge in [-0.2, -0.15) is 0 Å². The van der Waals surface area contributed by atoms with E-state index in [1.54, 1.807) is 0 Å². The summed E-state index contributed by atoms with van der Waals surface area (Å²) in [6.07, 6.45) is 9.95. The van der Waals surface area contributed by atoms with Gasteiger partial charge in [0.15, 0.2) is 5.79 Å². The van der Waals surface area contributed by atoms with Crippen molar-refractivity contribution in [3.63, 3.8) is 0 Å². The van der Waals surface area contributed by atoms with E-state index in [4.69, 9.17) is 9.47 Å². The Labute approximate surface area is 133 Å². The summed E-state index contributed by atoms with van der Waals surface area (Å²) in [5.74, 6) is 0.355. The topological polar surface area (TPSA) is 50.8 Å². The van der Waals surface area contributed by atoms with Crippen LogP contribution < -0.4 is 5.32 Å². The molecule has 2 atom stereocenters. The minimum Gasteiger partial charge on any atom is -0.347 e. The van der Waals surface area contributed by atoms with Crippen LogP contribution in [0.15, 0.2) is 12.2 Å². The Hall–Kier alpha value is -1.07. The summed E-state index contributed by atoms with van der Waals surface area (Å²) in [6.45, 7) is 5.69. The van der Waals surface area contributed by atoms with Gasteiger partial charge in [0.2, 0.25) is 0 Å². The molecular weight excluding hydrogens is 280 g/mol. The van der Waals surface area contributed by atoms with Crippen LogP contribution in [-0.2, 0) is 9.47 Å². The highest BCUT2D eigenvalue weighted by Crippen LogP contribution is 2.34. The third-order valence-corrected chi connectivity index (χ3v) is 5.23. The standard InChI is InChI=1S/C17H28N2O3/c1-17(21-10-11-22-17)15-8-5-9-19(13-15)16(20)18-12-14-6-3-2-4-7-14/h2-3,14-15H,4-13H2,1H3,(H,18,20)/t14-,15-/m1/s1. The molecule has 1 aliphatic carbocycles. The van der Waals surface area contributed by atoms with E-state index >= 15 is 0 Å². The summed E-state index contributed by atoms with van der Waals surface area (Å²) in [4.78, 5) is 14.4. The molecule has 2 heterocycles. The Bertz CT molecular complexity index is 418. The molecule has 124 valence electrons. The Balaban J connectivity index is 1.48. The van der Waals surface area contributed by atoms with E-state index in [2.05, 4.69) is 17.5 Å². The number of carbonyl (C=O) groups excluding carboxylic acids is 1. The molecule has 22 heavy (non-hydrogen) atoms. The van der Waals surface area contributed by atoms with E-state index in [1.807, 2.05) is 11.8 Å². The van der Waals surface area contributed by atoms with Gasteiger partial charge >= 0.3 is 6.03 Å². The molecule has 3 rings (SSSR count). The molecule has 2 saturated heterocycles. The normalized spacial score (nSPS) is 31.2. The van der Waals surface area contributed by atoms with Crippen LogP contribution in [0.5, 0.6) is 0 Å². The summed E-state index contributed by atoms with van der Waals surface area (Å²) in [6, 6.07) is 0.0702. The summed E-state index contributed by atoms with van der Waals surface area (Å²) in [5.41, 5.74) is 0. The van der Waals surface area contributed by atoms with Crippen LogP contribution in [0, 0.1) is 11.8 Å². The van der Waals surface area contributed by atoms with Gasteiger partial charge in [-0.15, -0.1) is 0 Å². The molecule has 1 N–H and O–H groups in total. The van der Waals surface area contributed by atoms with Gasteiger partial charge in [-0.3, -0.25) is 0 Å². The summed E-state index contributed by atoms with van der Waals surface area (Å²) in [7, 11) is 0. The number of urea groups is 1. The molecule has 3 aliphatic rings. The van der Waals surface area contributed by atoms with Crippen molar-refractivity contribution in [2.75, 3.05) is 32.8 Å². The fourth-order valence-corrected chi connectivity index (χ4v) is 3.74. The second-order valence-electron chi connectivity index (χ2n) is 6.83. The Morgan fingerprint density at radius 3 is 2.86 bits per heavy atom. The van der Waals surface area contributed by atoms with E-state index in [0.717, 1.165) is 45.3 Å². The lowest BCUT2D eigenvalue weighted by Crippen LogP contribution is -2.51. The zero-order valence-electron chi connectivity index (χ0n) is 13.6. The van der Waals surface area contributed by atoms with Crippen molar-refractivity contribution in [3.8, 4) is 0 Å². The Kier molecular flexibility index (Phi) is 5.03. The highest BCUT2D eigenvalue weighted by Gasteiger charge is 2.42. The molecule has 5 nitrogen and oxygen atoms in total. The van der Waals surface area contributed by atoms with Crippen molar-refractivity contribution in [2.45, 2.75) is 44.8 Å². The van der Waals surface area contributed by atoms with Gasteiger partial charge in [-0.05, 0) is 44.9 Å². The number of hydrogen-bond donors (Lipinski definition) is 1. The number of nitrogens with one attached hydrogen (secondary N) is 1. The number of nitrogens with zero attached hydrogens (tertiary/aromatic N) is 1. The van der Waals surface area contributed by atoms with Gasteiger partial charge in [-0.1, -0.05) is 12.2 Å². The molecule has 0 unspecified atom stereocenters. The molecule has 2 fully saturated rings. The van der Waals surface area contributed by atoms with Crippen LogP contribution >= 0.6 is 0 Å². The van der Waals surface area contributed by atoms with Crippen molar-refractivity contribution in [1.29, 1.82) is 0 Å². The zero-order chi connectivity index (χ0) is 15.4. The number of hydrogen-bond acceptors (Lipinski definition) is 3. The second-order valence-corrected chi connectivity index (χ2v) is 6.83. The fraction of sp³-hybridized carbons (Fsp3) is 0.824. The van der Waals surface area contributed by atoms with Gasteiger partial charge in [-0.25, -0.2) is 4.79 Å². The van der Waals surface area contributed by atoms with Gasteiger partial charge in [0, 0.05) is 25.6 Å². The molecule has 0 aromatic heterocycles. The number of piperidine rings is 1. The highest BCUT2D eigenvalue weighted by molar-refractivity contribution is 5.74. The molecule has 2 aliphatic heterocycles. The number of carbonyl (C=O) groups is 1. The quantitative estimate of drug-likeness (QED) is 0.815. The second kappa shape index (κ2) is 7.01. The Morgan fingerprint density at radius 2 is 2.14 bits per heavy atom. The predicted molar refractivity (Wildman–Crippen MR) is 84.5 cm³/mol. The fourth-order valence-electron chi connectivity index (χ4n) is 3.74. The lowest BCUT2D eigenvalue weighted by atomic mass is 9.90. The van der Waals surface area contributed by atoms with Crippen molar-refractivity contribution < 1.29 is 14.3 Å². The molecular formula is C17H28N2O3. The highest BCUT2D eigenvalue weighted by atomic mass is 16.7. The molecule has 0 bridgehead atoms. The van der Waals surface area contributed by atoms with Gasteiger partial charge in [0.05, 0.1) is 13.2 Å². The average Bonchev–Trinajstić information content (AvgIpc) is 3.02. The lowest BCUT2D eigenvalue weighted by Gasteiger charge is -2.40. The van der Waals surface area contributed by atoms with Crippen LogP contribution in [0.4, 0.5) is 4.79 Å². The van der Waals surface area contributed by atoms with Crippen LogP contribution in [0.2, 0.25) is 0 Å². The van der Waals surface area contributed by atoms with Crippen molar-refractivity contribution in [2.24, 2.45) is 11.8 Å². The Morgan fingerprint density at radius 1 is 1.32 bits per heavy atom. The van der Waals surface area contributed by atoms with E-state index < -0.39 is 5.79 Å². The predicted octanol–water partition coefficient (Wildman–Crippen LogP) is 2.53. The van der Waals surface area contributed by atoms with Gasteiger partial charge in [0.1, 0.15) is 0 Å². The summed E-state index contributed by atoms with van der Waals surface area (Å²) < 4.78 is 11.5. The van der Waals surface area contributed by atoms with Crippen molar-refractivity contribution in [1.82, 2.24) is 10.2 Å². The van der Waals surface area contributed by atoms with Crippen molar-refractivity contribution >= 4 is 6.03 Å². The van der Waals surface area contributed by atoms with Crippen LogP contribution in [-0.4, -0.2) is 49.6 Å². The maximum absolute atomic E-state index is 12.4. The first-order valence-electron chi connectivity index (χ1n) is 8.63. The first-order valence-corrected chi connectivity index (χ1v) is 8.63. The van der Waals surface area contributed by atoms with E-state index in [-0.39, 0.29) is 11.9 Å². The van der Waals surface area contributed by atoms with Gasteiger partial charge in [0.25, 0.3) is 0 Å². The summed E-state index contributed by atoms with van der Waals surface area (Å²) in [5, 5.41) is 3.12. The molecule has 2 amide bonds. The molecule has 0 aromatic rings. The van der Waals surface area contributed by atoms with E-state index in [9.17, 15) is 4.79 Å². The minimum atomic E-state index is -0.507. The minimum absolute atomic E-state index is 0.0702. The first-order chi connectivity index (χ1) is 10.7. The third kappa shape index (κ3) is 3.63. The van der Waals surface area contributed by atoms with E-state index in [0.29, 0.717) is 19.1 Å². The van der Waals surface area contributed by atoms with E-state index in [1.165, 1.54) is 6.42 Å². The zero-order valence-corrected chi connectivity index (χ0v) is 13.6. The number of amides is 2. The largest absolute Gasteiger partial charge is 0.347 e. The third-order valence-electron chi connectivity index (χ3n) is 5.23. The lowest BCUT2D eigenvalue weighted by molar-refractivity contribution is -0.189. The maximum atomic E-state index is 12.4. The number of likely N-dealkylation sites (tertiary alicyclic amines) is 1. The maximum Gasteiger partial charge on any atom is 0.317 e. The SMILES string of the molecule is CC1([C@@H]2CCCN(C(=O)NC[C@@H]3CC=CCC3)C2)OCCO1. The first kappa shape index (κ1) is 15.8.